The van der Waals surface area contributed by atoms with E-state index in [9.17, 15) is 0 Å². The molecule has 0 amide bonds. The van der Waals surface area contributed by atoms with Crippen molar-refractivity contribution in [2.45, 2.75) is 13.0 Å². The number of methoxy groups -OCH3 is 2. The van der Waals surface area contributed by atoms with Crippen molar-refractivity contribution >= 4 is 23.4 Å². The van der Waals surface area contributed by atoms with E-state index in [2.05, 4.69) is 25.8 Å². The van der Waals surface area contributed by atoms with Gasteiger partial charge in [0.25, 0.3) is 0 Å². The summed E-state index contributed by atoms with van der Waals surface area (Å²) in [5.74, 6) is 2.49. The topological polar surface area (TPSA) is 81.2 Å². The minimum Gasteiger partial charge on any atom is -0.493 e. The molecule has 2 N–H and O–H groups in total. The highest BCUT2D eigenvalue weighted by Crippen LogP contribution is 2.27. The summed E-state index contributed by atoms with van der Waals surface area (Å²) >= 11 is 5.90. The van der Waals surface area contributed by atoms with Crippen LogP contribution in [0.2, 0.25) is 5.02 Å². The zero-order chi connectivity index (χ0) is 19.8. The third-order valence-electron chi connectivity index (χ3n) is 4.09. The maximum atomic E-state index is 5.90. The lowest BCUT2D eigenvalue weighted by atomic mass is 10.1. The van der Waals surface area contributed by atoms with E-state index in [1.165, 1.54) is 5.56 Å². The van der Waals surface area contributed by atoms with Crippen molar-refractivity contribution in [2.75, 3.05) is 31.4 Å². The van der Waals surface area contributed by atoms with Gasteiger partial charge in [-0.05, 0) is 41.8 Å². The first-order valence-electron chi connectivity index (χ1n) is 8.81. The van der Waals surface area contributed by atoms with Gasteiger partial charge in [0, 0.05) is 18.1 Å². The van der Waals surface area contributed by atoms with Gasteiger partial charge in [-0.15, -0.1) is 5.10 Å². The number of benzene rings is 2. The number of halogens is 1. The van der Waals surface area contributed by atoms with Crippen molar-refractivity contribution < 1.29 is 9.47 Å². The van der Waals surface area contributed by atoms with E-state index in [1.54, 1.807) is 20.4 Å². The van der Waals surface area contributed by atoms with Crippen molar-refractivity contribution in [3.05, 3.63) is 64.8 Å². The fourth-order valence-electron chi connectivity index (χ4n) is 2.62. The molecule has 0 aliphatic rings. The molecular weight excluding hydrogens is 378 g/mol. The summed E-state index contributed by atoms with van der Waals surface area (Å²) in [5, 5.41) is 15.2. The fourth-order valence-corrected chi connectivity index (χ4v) is 2.75. The van der Waals surface area contributed by atoms with Crippen molar-refractivity contribution in [3.63, 3.8) is 0 Å². The maximum absolute atomic E-state index is 5.90. The normalized spacial score (nSPS) is 10.4. The average Bonchev–Trinajstić information content (AvgIpc) is 2.74. The lowest BCUT2D eigenvalue weighted by Crippen LogP contribution is -2.10. The number of nitrogens with one attached hydrogen (secondary N) is 2. The van der Waals surface area contributed by atoms with Crippen LogP contribution < -0.4 is 20.1 Å². The summed E-state index contributed by atoms with van der Waals surface area (Å²) < 4.78 is 10.6. The summed E-state index contributed by atoms with van der Waals surface area (Å²) in [6.45, 7) is 1.27. The number of ether oxygens (including phenoxy) is 2. The molecule has 0 bridgehead atoms. The Hall–Kier alpha value is -3.06. The molecule has 1 aromatic heterocycles. The highest BCUT2D eigenvalue weighted by Gasteiger charge is 2.06. The van der Waals surface area contributed by atoms with Crippen LogP contribution in [0.5, 0.6) is 11.5 Å². The lowest BCUT2D eigenvalue weighted by molar-refractivity contribution is 0.354. The van der Waals surface area contributed by atoms with Crippen molar-refractivity contribution in [2.24, 2.45) is 0 Å². The smallest absolute Gasteiger partial charge is 0.244 e. The van der Waals surface area contributed by atoms with Crippen LogP contribution in [-0.2, 0) is 13.0 Å². The maximum Gasteiger partial charge on any atom is 0.244 e. The molecule has 146 valence electrons. The summed E-state index contributed by atoms with van der Waals surface area (Å²) in [4.78, 5) is 4.44. The Morgan fingerprint density at radius 3 is 2.43 bits per heavy atom. The third kappa shape index (κ3) is 5.47. The summed E-state index contributed by atoms with van der Waals surface area (Å²) in [6.07, 6.45) is 2.46. The Labute approximate surface area is 169 Å². The van der Waals surface area contributed by atoms with E-state index < -0.39 is 0 Å². The van der Waals surface area contributed by atoms with E-state index in [0.29, 0.717) is 29.8 Å². The van der Waals surface area contributed by atoms with Gasteiger partial charge in [-0.25, -0.2) is 0 Å². The molecular formula is C20H22ClN5O2. The Balaban J connectivity index is 1.53. The predicted molar refractivity (Wildman–Crippen MR) is 110 cm³/mol. The second-order valence-corrected chi connectivity index (χ2v) is 6.45. The summed E-state index contributed by atoms with van der Waals surface area (Å²) in [6, 6.07) is 13.5. The number of anilines is 2. The minimum absolute atomic E-state index is 0.450. The largest absolute Gasteiger partial charge is 0.493 e. The van der Waals surface area contributed by atoms with Gasteiger partial charge in [0.15, 0.2) is 17.3 Å². The van der Waals surface area contributed by atoms with Crippen LogP contribution in [0.3, 0.4) is 0 Å². The lowest BCUT2D eigenvalue weighted by Gasteiger charge is -2.11. The zero-order valence-electron chi connectivity index (χ0n) is 15.8. The van der Waals surface area contributed by atoms with E-state index >= 15 is 0 Å². The Morgan fingerprint density at radius 1 is 0.929 bits per heavy atom. The second-order valence-electron chi connectivity index (χ2n) is 6.01. The van der Waals surface area contributed by atoms with Crippen LogP contribution in [0.15, 0.2) is 48.7 Å². The number of hydrogen-bond donors (Lipinski definition) is 2. The molecule has 7 nitrogen and oxygen atoms in total. The van der Waals surface area contributed by atoms with Crippen LogP contribution in [0.25, 0.3) is 0 Å². The van der Waals surface area contributed by atoms with Gasteiger partial charge in [-0.3, -0.25) is 0 Å². The Morgan fingerprint density at radius 2 is 1.68 bits per heavy atom. The standard InChI is InChI=1S/C20H22ClN5O2/c1-27-17-8-5-15(11-18(17)28-2)12-23-20-25-19(13-24-26-20)22-10-9-14-3-6-16(21)7-4-14/h3-8,11,13H,9-10,12H2,1-2H3,(H2,22,23,25,26). The molecule has 0 aliphatic heterocycles. The van der Waals surface area contributed by atoms with Gasteiger partial charge >= 0.3 is 0 Å². The Kier molecular flexibility index (Phi) is 6.86. The minimum atomic E-state index is 0.450. The quantitative estimate of drug-likeness (QED) is 0.566. The first kappa shape index (κ1) is 19.7. The van der Waals surface area contributed by atoms with Gasteiger partial charge in [0.05, 0.1) is 20.4 Å². The van der Waals surface area contributed by atoms with Gasteiger partial charge in [0.2, 0.25) is 5.95 Å². The van der Waals surface area contributed by atoms with Crippen LogP contribution in [0.1, 0.15) is 11.1 Å². The van der Waals surface area contributed by atoms with Crippen LogP contribution in [0, 0.1) is 0 Å². The molecule has 0 unspecified atom stereocenters. The Bertz CT molecular complexity index is 905. The number of aromatic nitrogens is 3. The highest BCUT2D eigenvalue weighted by atomic mass is 35.5. The number of hydrogen-bond acceptors (Lipinski definition) is 7. The van der Waals surface area contributed by atoms with Crippen molar-refractivity contribution in [3.8, 4) is 11.5 Å². The molecule has 3 rings (SSSR count). The van der Waals surface area contributed by atoms with E-state index in [4.69, 9.17) is 21.1 Å². The monoisotopic (exact) mass is 399 g/mol. The molecule has 2 aromatic carbocycles. The zero-order valence-corrected chi connectivity index (χ0v) is 16.5. The molecule has 28 heavy (non-hydrogen) atoms. The second kappa shape index (κ2) is 9.75. The summed E-state index contributed by atoms with van der Waals surface area (Å²) in [5.41, 5.74) is 2.22. The average molecular weight is 400 g/mol. The molecule has 0 atom stereocenters. The first-order chi connectivity index (χ1) is 13.7. The van der Waals surface area contributed by atoms with Crippen molar-refractivity contribution in [1.29, 1.82) is 0 Å². The van der Waals surface area contributed by atoms with Gasteiger partial charge in [-0.2, -0.15) is 10.1 Å². The molecule has 0 radical (unpaired) electrons. The molecule has 0 aliphatic carbocycles. The molecule has 0 saturated carbocycles. The molecule has 1 heterocycles. The molecule has 0 spiro atoms. The van der Waals surface area contributed by atoms with E-state index in [0.717, 1.165) is 23.6 Å². The first-order valence-corrected chi connectivity index (χ1v) is 9.18. The summed E-state index contributed by atoms with van der Waals surface area (Å²) in [7, 11) is 3.22. The molecule has 3 aromatic rings. The molecule has 0 fully saturated rings. The SMILES string of the molecule is COc1ccc(CNc2nncc(NCCc3ccc(Cl)cc3)n2)cc1OC. The van der Waals surface area contributed by atoms with Crippen molar-refractivity contribution in [1.82, 2.24) is 15.2 Å². The van der Waals surface area contributed by atoms with Gasteiger partial charge in [0.1, 0.15) is 0 Å². The van der Waals surface area contributed by atoms with E-state index in [-0.39, 0.29) is 0 Å². The predicted octanol–water partition coefficient (Wildman–Crippen LogP) is 3.81. The van der Waals surface area contributed by atoms with E-state index in [1.807, 2.05) is 42.5 Å². The van der Waals surface area contributed by atoms with Gasteiger partial charge in [-0.1, -0.05) is 29.8 Å². The number of rotatable bonds is 9. The third-order valence-corrected chi connectivity index (χ3v) is 4.34. The van der Waals surface area contributed by atoms with Gasteiger partial charge < -0.3 is 20.1 Å². The van der Waals surface area contributed by atoms with Crippen LogP contribution in [-0.4, -0.2) is 35.9 Å². The highest BCUT2D eigenvalue weighted by molar-refractivity contribution is 6.30. The molecule has 0 saturated heterocycles. The number of nitrogens with zero attached hydrogens (tertiary/aromatic N) is 3. The van der Waals surface area contributed by atoms with Crippen LogP contribution in [0.4, 0.5) is 11.8 Å². The molecule has 8 heteroatoms. The van der Waals surface area contributed by atoms with Crippen LogP contribution >= 0.6 is 11.6 Å². The fraction of sp³-hybridized carbons (Fsp3) is 0.250.